The van der Waals surface area contributed by atoms with E-state index in [1.54, 1.807) is 6.20 Å². The number of hydrogen-bond acceptors (Lipinski definition) is 4. The summed E-state index contributed by atoms with van der Waals surface area (Å²) in [6, 6.07) is 3.77. The molecule has 0 unspecified atom stereocenters. The van der Waals surface area contributed by atoms with Crippen molar-refractivity contribution in [1.29, 1.82) is 0 Å². The maximum Gasteiger partial charge on any atom is 0.213 e. The van der Waals surface area contributed by atoms with E-state index >= 15 is 0 Å². The molecule has 0 aliphatic heterocycles. The van der Waals surface area contributed by atoms with E-state index in [9.17, 15) is 0 Å². The number of nitrogens with two attached hydrogens (primary N) is 1. The molecule has 1 aromatic rings. The molecule has 0 saturated heterocycles. The van der Waals surface area contributed by atoms with Gasteiger partial charge in [0.2, 0.25) is 5.88 Å². The number of unbranched alkanes of at least 4 members (excludes halogenated alkanes) is 1. The van der Waals surface area contributed by atoms with Crippen LogP contribution in [-0.4, -0.2) is 24.8 Å². The van der Waals surface area contributed by atoms with E-state index in [1.807, 2.05) is 19.1 Å². The lowest BCUT2D eigenvalue weighted by molar-refractivity contribution is 0.0965. The summed E-state index contributed by atoms with van der Waals surface area (Å²) < 4.78 is 10.9. The Balaban J connectivity index is 2.24. The summed E-state index contributed by atoms with van der Waals surface area (Å²) in [6.45, 7) is 6.01. The molecule has 1 atom stereocenters. The largest absolute Gasteiger partial charge is 0.475 e. The molecule has 0 amide bonds. The zero-order chi connectivity index (χ0) is 12.5. The highest BCUT2D eigenvalue weighted by Crippen LogP contribution is 2.14. The van der Waals surface area contributed by atoms with Gasteiger partial charge >= 0.3 is 0 Å². The fraction of sp³-hybridized carbons (Fsp3) is 0.615. The van der Waals surface area contributed by atoms with E-state index in [1.165, 1.54) is 0 Å². The molecule has 2 N–H and O–H groups in total. The highest BCUT2D eigenvalue weighted by molar-refractivity contribution is 5.22. The van der Waals surface area contributed by atoms with Crippen LogP contribution in [0.3, 0.4) is 0 Å². The van der Waals surface area contributed by atoms with Crippen LogP contribution in [0.4, 0.5) is 0 Å². The summed E-state index contributed by atoms with van der Waals surface area (Å²) in [6.07, 6.45) is 3.96. The van der Waals surface area contributed by atoms with Crippen LogP contribution in [0.25, 0.3) is 0 Å². The van der Waals surface area contributed by atoms with Crippen molar-refractivity contribution in [1.82, 2.24) is 4.98 Å². The first-order valence-electron chi connectivity index (χ1n) is 6.16. The highest BCUT2D eigenvalue weighted by Gasteiger charge is 2.02. The van der Waals surface area contributed by atoms with Gasteiger partial charge in [0.05, 0.1) is 6.61 Å². The first-order valence-corrected chi connectivity index (χ1v) is 6.16. The predicted octanol–water partition coefficient (Wildman–Crippen LogP) is 2.30. The van der Waals surface area contributed by atoms with Crippen molar-refractivity contribution in [2.24, 2.45) is 5.73 Å². The van der Waals surface area contributed by atoms with E-state index in [-0.39, 0.29) is 6.04 Å². The molecule has 0 spiro atoms. The third-order valence-electron chi connectivity index (χ3n) is 2.40. The van der Waals surface area contributed by atoms with Gasteiger partial charge in [-0.25, -0.2) is 4.98 Å². The second-order valence-electron chi connectivity index (χ2n) is 4.03. The van der Waals surface area contributed by atoms with E-state index in [4.69, 9.17) is 15.2 Å². The van der Waals surface area contributed by atoms with Crippen LogP contribution in [-0.2, 0) is 4.74 Å². The Morgan fingerprint density at radius 2 is 2.18 bits per heavy atom. The third-order valence-corrected chi connectivity index (χ3v) is 2.40. The zero-order valence-corrected chi connectivity index (χ0v) is 10.7. The Hall–Kier alpha value is -1.13. The summed E-state index contributed by atoms with van der Waals surface area (Å²) in [5.41, 5.74) is 6.81. The zero-order valence-electron chi connectivity index (χ0n) is 10.7. The lowest BCUT2D eigenvalue weighted by Gasteiger charge is -2.09. The molecule has 0 aliphatic rings. The van der Waals surface area contributed by atoms with Crippen LogP contribution < -0.4 is 10.5 Å². The number of aromatic nitrogens is 1. The Bertz CT molecular complexity index is 316. The molecule has 17 heavy (non-hydrogen) atoms. The van der Waals surface area contributed by atoms with Crippen molar-refractivity contribution < 1.29 is 9.47 Å². The van der Waals surface area contributed by atoms with Gasteiger partial charge in [0.1, 0.15) is 6.61 Å². The molecule has 1 aromatic heterocycles. The number of nitrogens with zero attached hydrogens (tertiary/aromatic N) is 1. The lowest BCUT2D eigenvalue weighted by Crippen LogP contribution is -2.09. The summed E-state index contributed by atoms with van der Waals surface area (Å²) in [5, 5.41) is 0. The van der Waals surface area contributed by atoms with E-state index in [0.29, 0.717) is 19.1 Å². The Kier molecular flexibility index (Phi) is 6.58. The molecule has 4 heteroatoms. The molecule has 4 nitrogen and oxygen atoms in total. The highest BCUT2D eigenvalue weighted by atomic mass is 16.5. The monoisotopic (exact) mass is 238 g/mol. The fourth-order valence-electron chi connectivity index (χ4n) is 1.34. The molecule has 0 aliphatic carbocycles. The molecule has 0 bridgehead atoms. The lowest BCUT2D eigenvalue weighted by atomic mass is 10.1. The van der Waals surface area contributed by atoms with E-state index in [2.05, 4.69) is 11.9 Å². The molecular weight excluding hydrogens is 216 g/mol. The van der Waals surface area contributed by atoms with Crippen molar-refractivity contribution in [3.05, 3.63) is 23.9 Å². The van der Waals surface area contributed by atoms with Gasteiger partial charge in [0.25, 0.3) is 0 Å². The molecule has 0 saturated carbocycles. The quantitative estimate of drug-likeness (QED) is 0.706. The van der Waals surface area contributed by atoms with Gasteiger partial charge in [-0.2, -0.15) is 0 Å². The summed E-state index contributed by atoms with van der Waals surface area (Å²) in [7, 11) is 0. The predicted molar refractivity (Wildman–Crippen MR) is 68.1 cm³/mol. The van der Waals surface area contributed by atoms with Gasteiger partial charge in [-0.1, -0.05) is 13.3 Å². The minimum absolute atomic E-state index is 0.00107. The third kappa shape index (κ3) is 5.65. The van der Waals surface area contributed by atoms with Crippen LogP contribution in [0, 0.1) is 0 Å². The molecule has 0 radical (unpaired) electrons. The Morgan fingerprint density at radius 1 is 1.35 bits per heavy atom. The first-order chi connectivity index (χ1) is 8.24. The van der Waals surface area contributed by atoms with Gasteiger partial charge in [-0.05, 0) is 25.0 Å². The number of ether oxygens (including phenoxy) is 2. The van der Waals surface area contributed by atoms with E-state index in [0.717, 1.165) is 25.0 Å². The fourth-order valence-corrected chi connectivity index (χ4v) is 1.34. The average Bonchev–Trinajstić information content (AvgIpc) is 2.34. The SMILES string of the molecule is CCCCOCCOc1cc([C@H](C)N)ccn1. The standard InChI is InChI=1S/C13H22N2O2/c1-3-4-7-16-8-9-17-13-10-12(11(2)14)5-6-15-13/h5-6,10-11H,3-4,7-9,14H2,1-2H3/t11-/m0/s1. The number of hydrogen-bond donors (Lipinski definition) is 1. The molecule has 1 heterocycles. The number of rotatable bonds is 8. The molecule has 0 aromatic carbocycles. The van der Waals surface area contributed by atoms with Gasteiger partial charge in [0, 0.05) is 24.9 Å². The van der Waals surface area contributed by atoms with Gasteiger partial charge in [0.15, 0.2) is 0 Å². The van der Waals surface area contributed by atoms with Gasteiger partial charge < -0.3 is 15.2 Å². The Morgan fingerprint density at radius 3 is 2.88 bits per heavy atom. The summed E-state index contributed by atoms with van der Waals surface area (Å²) in [4.78, 5) is 4.12. The van der Waals surface area contributed by atoms with Crippen molar-refractivity contribution in [3.8, 4) is 5.88 Å². The second-order valence-corrected chi connectivity index (χ2v) is 4.03. The second kappa shape index (κ2) is 8.03. The van der Waals surface area contributed by atoms with Gasteiger partial charge in [-0.3, -0.25) is 0 Å². The van der Waals surface area contributed by atoms with Crippen molar-refractivity contribution in [3.63, 3.8) is 0 Å². The van der Waals surface area contributed by atoms with Crippen LogP contribution >= 0.6 is 0 Å². The molecule has 96 valence electrons. The molecular formula is C13H22N2O2. The summed E-state index contributed by atoms with van der Waals surface area (Å²) >= 11 is 0. The normalized spacial score (nSPS) is 12.4. The minimum Gasteiger partial charge on any atom is -0.475 e. The molecule has 1 rings (SSSR count). The van der Waals surface area contributed by atoms with Crippen LogP contribution in [0.5, 0.6) is 5.88 Å². The van der Waals surface area contributed by atoms with Crippen LogP contribution in [0.15, 0.2) is 18.3 Å². The van der Waals surface area contributed by atoms with Crippen LogP contribution in [0.2, 0.25) is 0 Å². The Labute approximate surface area is 103 Å². The van der Waals surface area contributed by atoms with E-state index < -0.39 is 0 Å². The maximum atomic E-state index is 5.78. The smallest absolute Gasteiger partial charge is 0.213 e. The topological polar surface area (TPSA) is 57.4 Å². The molecule has 0 fully saturated rings. The first kappa shape index (κ1) is 13.9. The van der Waals surface area contributed by atoms with Crippen molar-refractivity contribution in [2.45, 2.75) is 32.7 Å². The van der Waals surface area contributed by atoms with Crippen molar-refractivity contribution >= 4 is 0 Å². The van der Waals surface area contributed by atoms with Crippen LogP contribution in [0.1, 0.15) is 38.3 Å². The summed E-state index contributed by atoms with van der Waals surface area (Å²) in [5.74, 6) is 0.610. The van der Waals surface area contributed by atoms with Crippen molar-refractivity contribution in [2.75, 3.05) is 19.8 Å². The number of pyridine rings is 1. The maximum absolute atomic E-state index is 5.78. The minimum atomic E-state index is 0.00107. The average molecular weight is 238 g/mol. The van der Waals surface area contributed by atoms with Gasteiger partial charge in [-0.15, -0.1) is 0 Å².